The summed E-state index contributed by atoms with van der Waals surface area (Å²) in [6.07, 6.45) is -10.4. The van der Waals surface area contributed by atoms with Crippen LogP contribution in [0.25, 0.3) is 0 Å². The van der Waals surface area contributed by atoms with Crippen LogP contribution in [0.5, 0.6) is 0 Å². The fourth-order valence-electron chi connectivity index (χ4n) is 6.17. The van der Waals surface area contributed by atoms with E-state index in [4.69, 9.17) is 0 Å². The average Bonchev–Trinajstić information content (AvgIpc) is 3.31. The van der Waals surface area contributed by atoms with Gasteiger partial charge in [-0.3, -0.25) is 9.78 Å². The van der Waals surface area contributed by atoms with E-state index in [2.05, 4.69) is 9.98 Å². The molecule has 5 nitrogen and oxygen atoms in total. The van der Waals surface area contributed by atoms with Crippen molar-refractivity contribution in [3.63, 3.8) is 0 Å². The molecule has 2 aliphatic rings. The monoisotopic (exact) mass is 630 g/mol. The number of aliphatic imine (C=N–C) groups is 1. The maximum absolute atomic E-state index is 14.9. The van der Waals surface area contributed by atoms with E-state index in [1.807, 2.05) is 0 Å². The number of hydrogen-bond donors (Lipinski definition) is 0. The van der Waals surface area contributed by atoms with Crippen LogP contribution in [0.4, 0.5) is 35.1 Å². The quantitative estimate of drug-likeness (QED) is 0.231. The Morgan fingerprint density at radius 1 is 0.907 bits per heavy atom. The van der Waals surface area contributed by atoms with E-state index in [9.17, 15) is 48.3 Å². The van der Waals surface area contributed by atoms with Gasteiger partial charge in [-0.25, -0.2) is 22.2 Å². The van der Waals surface area contributed by atoms with Gasteiger partial charge >= 0.3 is 18.0 Å². The van der Waals surface area contributed by atoms with Crippen LogP contribution in [0.15, 0.2) is 76.9 Å². The Balaban J connectivity index is 1.66. The molecule has 5 rings (SSSR count). The van der Waals surface area contributed by atoms with Crippen molar-refractivity contribution in [3.8, 4) is 0 Å². The summed E-state index contributed by atoms with van der Waals surface area (Å²) >= 11 is 0. The van der Waals surface area contributed by atoms with Gasteiger partial charge in [-0.15, -0.1) is 0 Å². The van der Waals surface area contributed by atoms with E-state index in [0.717, 1.165) is 30.3 Å². The Morgan fingerprint density at radius 2 is 1.53 bits per heavy atom. The second-order valence-corrected chi connectivity index (χ2v) is 12.7. The number of carbonyl (C=O) groups excluding carboxylic acids is 1. The standard InChI is InChI=1S/C29H22F8N2O3S/c30-20-3-5-21(6-4-20)43(41,42)26-12-9-24(39-25(40)15-17-10-13-38-14-11-17)23(26)7-1-18-16-19(2-8-22(18)26)27(31,28(32,33)34)29(35,36)37/h2-6,8,10-11,13-14,16,23H,1,7,9,12,15H2/t23-,26+/m1/s1. The normalized spacial score (nSPS) is 21.9. The van der Waals surface area contributed by atoms with Crippen molar-refractivity contribution in [2.45, 2.75) is 59.8 Å². The van der Waals surface area contributed by atoms with Crippen LogP contribution in [-0.2, 0) is 37.9 Å². The third-order valence-electron chi connectivity index (χ3n) is 8.14. The molecule has 0 aliphatic heterocycles. The number of aryl methyl sites for hydroxylation is 1. The number of benzene rings is 2. The van der Waals surface area contributed by atoms with Crippen molar-refractivity contribution in [3.05, 3.63) is 95.1 Å². The van der Waals surface area contributed by atoms with Crippen molar-refractivity contribution in [2.24, 2.45) is 10.9 Å². The van der Waals surface area contributed by atoms with Crippen LogP contribution in [0.3, 0.4) is 0 Å². The lowest BCUT2D eigenvalue weighted by Crippen LogP contribution is -2.50. The highest BCUT2D eigenvalue weighted by molar-refractivity contribution is 7.92. The average molecular weight is 631 g/mol. The molecule has 0 radical (unpaired) electrons. The van der Waals surface area contributed by atoms with Gasteiger partial charge in [0, 0.05) is 29.6 Å². The van der Waals surface area contributed by atoms with Crippen LogP contribution in [-0.4, -0.2) is 37.4 Å². The van der Waals surface area contributed by atoms with Crippen LogP contribution < -0.4 is 0 Å². The van der Waals surface area contributed by atoms with Gasteiger partial charge in [0.1, 0.15) is 10.6 Å². The molecule has 0 bridgehead atoms. The largest absolute Gasteiger partial charge is 0.435 e. The predicted molar refractivity (Wildman–Crippen MR) is 138 cm³/mol. The molecule has 43 heavy (non-hydrogen) atoms. The molecular weight excluding hydrogens is 608 g/mol. The number of carbonyl (C=O) groups is 1. The fraction of sp³-hybridized carbons (Fsp3) is 0.345. The maximum Gasteiger partial charge on any atom is 0.435 e. The highest BCUT2D eigenvalue weighted by Crippen LogP contribution is 2.58. The highest BCUT2D eigenvalue weighted by atomic mass is 32.2. The summed E-state index contributed by atoms with van der Waals surface area (Å²) in [7, 11) is -4.53. The number of aromatic nitrogens is 1. The first-order chi connectivity index (χ1) is 20.0. The molecule has 3 aromatic rings. The number of nitrogens with zero attached hydrogens (tertiary/aromatic N) is 2. The molecule has 228 valence electrons. The summed E-state index contributed by atoms with van der Waals surface area (Å²) in [5, 5.41) is 0. The Bertz CT molecular complexity index is 1670. The number of rotatable bonds is 5. The smallest absolute Gasteiger partial charge is 0.272 e. The van der Waals surface area contributed by atoms with Crippen molar-refractivity contribution in [1.29, 1.82) is 0 Å². The zero-order valence-corrected chi connectivity index (χ0v) is 22.8. The highest BCUT2D eigenvalue weighted by Gasteiger charge is 2.73. The van der Waals surface area contributed by atoms with Crippen LogP contribution in [0, 0.1) is 11.7 Å². The molecular formula is C29H22F8N2O3S. The predicted octanol–water partition coefficient (Wildman–Crippen LogP) is 6.75. The van der Waals surface area contributed by atoms with Gasteiger partial charge in [-0.2, -0.15) is 26.3 Å². The second-order valence-electron chi connectivity index (χ2n) is 10.5. The first-order valence-corrected chi connectivity index (χ1v) is 14.5. The zero-order chi connectivity index (χ0) is 31.4. The summed E-state index contributed by atoms with van der Waals surface area (Å²) in [4.78, 5) is 20.6. The van der Waals surface area contributed by atoms with Crippen molar-refractivity contribution >= 4 is 21.5 Å². The molecule has 1 fully saturated rings. The lowest BCUT2D eigenvalue weighted by Gasteiger charge is -2.41. The molecule has 2 atom stereocenters. The first kappa shape index (κ1) is 30.8. The number of hydrogen-bond acceptors (Lipinski definition) is 4. The van der Waals surface area contributed by atoms with E-state index in [1.165, 1.54) is 12.4 Å². The molecule has 2 aromatic carbocycles. The Hall–Kier alpha value is -3.68. The summed E-state index contributed by atoms with van der Waals surface area (Å²) in [5.41, 5.74) is -6.94. The zero-order valence-electron chi connectivity index (χ0n) is 22.0. The third-order valence-corrected chi connectivity index (χ3v) is 10.7. The maximum atomic E-state index is 14.9. The molecule has 2 aliphatic carbocycles. The Kier molecular flexibility index (Phi) is 7.51. The summed E-state index contributed by atoms with van der Waals surface area (Å²) in [6.45, 7) is 0. The minimum Gasteiger partial charge on any atom is -0.272 e. The second kappa shape index (κ2) is 10.5. The van der Waals surface area contributed by atoms with Gasteiger partial charge in [-0.1, -0.05) is 18.2 Å². The van der Waals surface area contributed by atoms with Gasteiger partial charge in [0.15, 0.2) is 9.84 Å². The Morgan fingerprint density at radius 3 is 2.14 bits per heavy atom. The van der Waals surface area contributed by atoms with Gasteiger partial charge in [0.2, 0.25) is 5.91 Å². The molecule has 1 amide bonds. The van der Waals surface area contributed by atoms with E-state index >= 15 is 0 Å². The van der Waals surface area contributed by atoms with E-state index in [-0.39, 0.29) is 53.8 Å². The fourth-order valence-corrected chi connectivity index (χ4v) is 8.57. The number of amides is 1. The lowest BCUT2D eigenvalue weighted by molar-refractivity contribution is -0.348. The van der Waals surface area contributed by atoms with Gasteiger partial charge in [0.25, 0.3) is 0 Å². The molecule has 1 aromatic heterocycles. The molecule has 1 saturated carbocycles. The van der Waals surface area contributed by atoms with Gasteiger partial charge in [-0.05, 0) is 78.8 Å². The van der Waals surface area contributed by atoms with Crippen molar-refractivity contribution < 1.29 is 48.3 Å². The van der Waals surface area contributed by atoms with Crippen molar-refractivity contribution in [2.75, 3.05) is 0 Å². The van der Waals surface area contributed by atoms with E-state index in [0.29, 0.717) is 17.7 Å². The summed E-state index contributed by atoms with van der Waals surface area (Å²) < 4.78 is 136. The molecule has 1 heterocycles. The number of sulfone groups is 1. The van der Waals surface area contributed by atoms with Gasteiger partial charge < -0.3 is 0 Å². The molecule has 0 spiro atoms. The van der Waals surface area contributed by atoms with Crippen LogP contribution in [0.1, 0.15) is 41.5 Å². The molecule has 0 saturated heterocycles. The molecule has 0 unspecified atom stereocenters. The minimum absolute atomic E-state index is 0.0213. The summed E-state index contributed by atoms with van der Waals surface area (Å²) in [6, 6.07) is 8.49. The van der Waals surface area contributed by atoms with Crippen LogP contribution >= 0.6 is 0 Å². The summed E-state index contributed by atoms with van der Waals surface area (Å²) in [5.74, 6) is -2.31. The number of fused-ring (bicyclic) bond motifs is 3. The number of pyridine rings is 1. The number of alkyl halides is 7. The van der Waals surface area contributed by atoms with Gasteiger partial charge in [0.05, 0.1) is 11.3 Å². The van der Waals surface area contributed by atoms with Crippen LogP contribution in [0.2, 0.25) is 0 Å². The third kappa shape index (κ3) is 4.92. The number of halogens is 8. The van der Waals surface area contributed by atoms with Crippen molar-refractivity contribution in [1.82, 2.24) is 4.98 Å². The first-order valence-electron chi connectivity index (χ1n) is 13.0. The van der Waals surface area contributed by atoms with E-state index in [1.54, 1.807) is 12.1 Å². The molecule has 0 N–H and O–H groups in total. The SMILES string of the molecule is O=C(Cc1ccncc1)N=C1CC[C@]2(S(=O)(=O)c3ccc(F)cc3)c3ccc(C(F)(C(F)(F)F)C(F)(F)F)cc3CC[C@H]12. The lowest BCUT2D eigenvalue weighted by atomic mass is 9.74. The molecule has 14 heteroatoms. The minimum atomic E-state index is -6.35. The van der Waals surface area contributed by atoms with E-state index < -0.39 is 55.8 Å². The Labute approximate surface area is 240 Å². The topological polar surface area (TPSA) is 76.5 Å².